The van der Waals surface area contributed by atoms with Gasteiger partial charge in [0.25, 0.3) is 0 Å². The van der Waals surface area contributed by atoms with Crippen LogP contribution in [0.15, 0.2) is 36.5 Å². The molecular formula is C16H20Cl2N2O2. The molecule has 0 spiro atoms. The lowest BCUT2D eigenvalue weighted by atomic mass is 9.98. The Bertz CT molecular complexity index is 631. The lowest BCUT2D eigenvalue weighted by Crippen LogP contribution is -2.32. The number of rotatable bonds is 4. The van der Waals surface area contributed by atoms with E-state index >= 15 is 0 Å². The number of aryl methyl sites for hydroxylation is 1. The summed E-state index contributed by atoms with van der Waals surface area (Å²) in [6.07, 6.45) is 2.13. The molecule has 0 aliphatic rings. The molecule has 1 atom stereocenters. The molecule has 120 valence electrons. The second kappa shape index (κ2) is 8.73. The number of nitrogens with zero attached hydrogens (tertiary/aromatic N) is 1. The molecule has 0 radical (unpaired) electrons. The fourth-order valence-electron chi connectivity index (χ4n) is 2.11. The summed E-state index contributed by atoms with van der Waals surface area (Å²) >= 11 is 0. The SMILES string of the molecule is Cc1nccc(-c2ccc(CC(N)C(=O)O)cc2)c1C.Cl.Cl. The first-order valence-corrected chi connectivity index (χ1v) is 6.49. The number of pyridine rings is 1. The standard InChI is InChI=1S/C16H18N2O2.2ClH/c1-10-11(2)18-8-7-14(10)13-5-3-12(4-6-13)9-15(17)16(19)20;;/h3-8,15H,9,17H2,1-2H3,(H,19,20);2*1H. The highest BCUT2D eigenvalue weighted by Gasteiger charge is 2.12. The van der Waals surface area contributed by atoms with Gasteiger partial charge in [-0.3, -0.25) is 9.78 Å². The van der Waals surface area contributed by atoms with Crippen molar-refractivity contribution in [3.8, 4) is 11.1 Å². The number of aliphatic carboxylic acids is 1. The minimum Gasteiger partial charge on any atom is -0.480 e. The van der Waals surface area contributed by atoms with Crippen LogP contribution in [0.25, 0.3) is 11.1 Å². The number of carboxylic acid groups (broad SMARTS) is 1. The summed E-state index contributed by atoms with van der Waals surface area (Å²) in [6.45, 7) is 4.03. The number of carboxylic acids is 1. The smallest absolute Gasteiger partial charge is 0.320 e. The summed E-state index contributed by atoms with van der Waals surface area (Å²) in [7, 11) is 0. The van der Waals surface area contributed by atoms with Crippen molar-refractivity contribution in [2.75, 3.05) is 0 Å². The molecular weight excluding hydrogens is 323 g/mol. The zero-order chi connectivity index (χ0) is 14.7. The minimum absolute atomic E-state index is 0. The lowest BCUT2D eigenvalue weighted by Gasteiger charge is -2.10. The van der Waals surface area contributed by atoms with Gasteiger partial charge in [0.2, 0.25) is 0 Å². The van der Waals surface area contributed by atoms with Gasteiger partial charge in [0.15, 0.2) is 0 Å². The van der Waals surface area contributed by atoms with E-state index in [0.29, 0.717) is 6.42 Å². The van der Waals surface area contributed by atoms with Crippen LogP contribution in [0.4, 0.5) is 0 Å². The van der Waals surface area contributed by atoms with Crippen LogP contribution in [0.3, 0.4) is 0 Å². The summed E-state index contributed by atoms with van der Waals surface area (Å²) in [5, 5.41) is 8.81. The van der Waals surface area contributed by atoms with Gasteiger partial charge >= 0.3 is 5.97 Å². The van der Waals surface area contributed by atoms with Gasteiger partial charge < -0.3 is 10.8 Å². The maximum Gasteiger partial charge on any atom is 0.320 e. The summed E-state index contributed by atoms with van der Waals surface area (Å²) in [5.41, 5.74) is 10.9. The Kier molecular flexibility index (Phi) is 8.09. The third kappa shape index (κ3) is 4.70. The quantitative estimate of drug-likeness (QED) is 0.894. The van der Waals surface area contributed by atoms with Gasteiger partial charge in [-0.05, 0) is 48.6 Å². The molecule has 6 heteroatoms. The maximum absolute atomic E-state index is 10.7. The Morgan fingerprint density at radius 1 is 1.18 bits per heavy atom. The molecule has 3 N–H and O–H groups in total. The number of hydrogen-bond acceptors (Lipinski definition) is 3. The van der Waals surface area contributed by atoms with E-state index < -0.39 is 12.0 Å². The number of carbonyl (C=O) groups is 1. The summed E-state index contributed by atoms with van der Waals surface area (Å²) in [5.74, 6) is -0.977. The number of nitrogens with two attached hydrogens (primary N) is 1. The summed E-state index contributed by atoms with van der Waals surface area (Å²) in [4.78, 5) is 15.0. The first-order chi connectivity index (χ1) is 9.49. The average Bonchev–Trinajstić information content (AvgIpc) is 2.43. The van der Waals surface area contributed by atoms with Crippen LogP contribution < -0.4 is 5.73 Å². The molecule has 0 saturated heterocycles. The molecule has 0 amide bonds. The monoisotopic (exact) mass is 342 g/mol. The van der Waals surface area contributed by atoms with Crippen LogP contribution in [0.1, 0.15) is 16.8 Å². The Morgan fingerprint density at radius 2 is 1.77 bits per heavy atom. The third-order valence-electron chi connectivity index (χ3n) is 3.49. The third-order valence-corrected chi connectivity index (χ3v) is 3.49. The van der Waals surface area contributed by atoms with Gasteiger partial charge in [0.05, 0.1) is 0 Å². The van der Waals surface area contributed by atoms with Crippen molar-refractivity contribution in [1.29, 1.82) is 0 Å². The first-order valence-electron chi connectivity index (χ1n) is 6.49. The number of hydrogen-bond donors (Lipinski definition) is 2. The van der Waals surface area contributed by atoms with Crippen molar-refractivity contribution in [3.63, 3.8) is 0 Å². The van der Waals surface area contributed by atoms with Crippen LogP contribution in [0, 0.1) is 13.8 Å². The summed E-state index contributed by atoms with van der Waals surface area (Å²) in [6, 6.07) is 8.96. The molecule has 1 aromatic heterocycles. The van der Waals surface area contributed by atoms with Gasteiger partial charge in [-0.15, -0.1) is 24.8 Å². The average molecular weight is 343 g/mol. The van der Waals surface area contributed by atoms with E-state index in [1.807, 2.05) is 44.2 Å². The van der Waals surface area contributed by atoms with E-state index in [1.165, 1.54) is 0 Å². The van der Waals surface area contributed by atoms with Gasteiger partial charge in [-0.25, -0.2) is 0 Å². The van der Waals surface area contributed by atoms with E-state index in [9.17, 15) is 4.79 Å². The Balaban J connectivity index is 0.00000220. The fraction of sp³-hybridized carbons (Fsp3) is 0.250. The van der Waals surface area contributed by atoms with E-state index in [0.717, 1.165) is 27.9 Å². The topological polar surface area (TPSA) is 76.2 Å². The van der Waals surface area contributed by atoms with Crippen molar-refractivity contribution >= 4 is 30.8 Å². The van der Waals surface area contributed by atoms with Crippen molar-refractivity contribution in [3.05, 3.63) is 53.3 Å². The van der Waals surface area contributed by atoms with Gasteiger partial charge in [0, 0.05) is 11.9 Å². The molecule has 2 aromatic rings. The molecule has 2 rings (SSSR count). The highest BCUT2D eigenvalue weighted by atomic mass is 35.5. The van der Waals surface area contributed by atoms with Crippen molar-refractivity contribution < 1.29 is 9.90 Å². The van der Waals surface area contributed by atoms with Crippen molar-refractivity contribution in [2.24, 2.45) is 5.73 Å². The van der Waals surface area contributed by atoms with Crippen LogP contribution in [0.2, 0.25) is 0 Å². The van der Waals surface area contributed by atoms with Crippen LogP contribution >= 0.6 is 24.8 Å². The molecule has 0 fully saturated rings. The van der Waals surface area contributed by atoms with E-state index in [1.54, 1.807) is 6.20 Å². The highest BCUT2D eigenvalue weighted by Crippen LogP contribution is 2.24. The first kappa shape index (κ1) is 20.4. The fourth-order valence-corrected chi connectivity index (χ4v) is 2.11. The van der Waals surface area contributed by atoms with Crippen LogP contribution in [0.5, 0.6) is 0 Å². The van der Waals surface area contributed by atoms with E-state index in [2.05, 4.69) is 4.98 Å². The largest absolute Gasteiger partial charge is 0.480 e. The molecule has 22 heavy (non-hydrogen) atoms. The van der Waals surface area contributed by atoms with Gasteiger partial charge in [0.1, 0.15) is 6.04 Å². The predicted octanol–water partition coefficient (Wildman–Crippen LogP) is 3.16. The van der Waals surface area contributed by atoms with Crippen molar-refractivity contribution in [2.45, 2.75) is 26.3 Å². The zero-order valence-electron chi connectivity index (χ0n) is 12.4. The molecule has 1 heterocycles. The molecule has 0 aliphatic carbocycles. The second-order valence-electron chi connectivity index (χ2n) is 4.91. The normalized spacial score (nSPS) is 11.0. The van der Waals surface area contributed by atoms with E-state index in [4.69, 9.17) is 10.8 Å². The molecule has 0 saturated carbocycles. The highest BCUT2D eigenvalue weighted by molar-refractivity contribution is 5.85. The summed E-state index contributed by atoms with van der Waals surface area (Å²) < 4.78 is 0. The molecule has 0 bridgehead atoms. The Labute approximate surface area is 142 Å². The van der Waals surface area contributed by atoms with Crippen LogP contribution in [-0.4, -0.2) is 22.1 Å². The predicted molar refractivity (Wildman–Crippen MR) is 93.0 cm³/mol. The number of aromatic nitrogens is 1. The molecule has 1 unspecified atom stereocenters. The minimum atomic E-state index is -0.977. The lowest BCUT2D eigenvalue weighted by molar-refractivity contribution is -0.138. The molecule has 4 nitrogen and oxygen atoms in total. The van der Waals surface area contributed by atoms with Gasteiger partial charge in [-0.2, -0.15) is 0 Å². The molecule has 1 aromatic carbocycles. The second-order valence-corrected chi connectivity index (χ2v) is 4.91. The maximum atomic E-state index is 10.7. The Hall–Kier alpha value is -1.62. The number of benzene rings is 1. The van der Waals surface area contributed by atoms with Crippen LogP contribution in [-0.2, 0) is 11.2 Å². The molecule has 0 aliphatic heterocycles. The Morgan fingerprint density at radius 3 is 2.32 bits per heavy atom. The number of halogens is 2. The zero-order valence-corrected chi connectivity index (χ0v) is 14.1. The van der Waals surface area contributed by atoms with E-state index in [-0.39, 0.29) is 24.8 Å². The van der Waals surface area contributed by atoms with Gasteiger partial charge in [-0.1, -0.05) is 24.3 Å². The van der Waals surface area contributed by atoms with Crippen molar-refractivity contribution in [1.82, 2.24) is 4.98 Å².